The number of piperazine rings is 1. The highest BCUT2D eigenvalue weighted by Crippen LogP contribution is 2.23. The Morgan fingerprint density at radius 3 is 2.71 bits per heavy atom. The highest BCUT2D eigenvalue weighted by atomic mass is 16.5. The number of ether oxygens (including phenoxy) is 1. The standard InChI is InChI=1S/C16H28N2O3/c1-4-11(3)14-15(19)17-13(5-2)16(20)18(14)9-8-12-7-6-10-21-12/h11-14H,4-10H2,1-3H3,(H,17,19). The molecule has 2 rings (SSSR count). The van der Waals surface area contributed by atoms with E-state index in [1.54, 1.807) is 0 Å². The highest BCUT2D eigenvalue weighted by Gasteiger charge is 2.41. The maximum Gasteiger partial charge on any atom is 0.245 e. The van der Waals surface area contributed by atoms with Crippen LogP contribution in [0.3, 0.4) is 0 Å². The Bertz CT molecular complexity index is 380. The van der Waals surface area contributed by atoms with Crippen LogP contribution in [0.5, 0.6) is 0 Å². The van der Waals surface area contributed by atoms with Crippen molar-refractivity contribution in [1.82, 2.24) is 10.2 Å². The first kappa shape index (κ1) is 16.3. The third-order valence-electron chi connectivity index (χ3n) is 4.81. The van der Waals surface area contributed by atoms with Gasteiger partial charge >= 0.3 is 0 Å². The SMILES string of the molecule is CCC1NC(=O)C(C(C)CC)N(CCC2CCCO2)C1=O. The monoisotopic (exact) mass is 296 g/mol. The molecule has 0 bridgehead atoms. The van der Waals surface area contributed by atoms with Gasteiger partial charge in [-0.25, -0.2) is 0 Å². The second kappa shape index (κ2) is 7.25. The predicted molar refractivity (Wildman–Crippen MR) is 80.8 cm³/mol. The number of carbonyl (C=O) groups excluding carboxylic acids is 2. The largest absolute Gasteiger partial charge is 0.378 e. The van der Waals surface area contributed by atoms with E-state index < -0.39 is 0 Å². The Kier molecular flexibility index (Phi) is 5.62. The lowest BCUT2D eigenvalue weighted by molar-refractivity contribution is -0.152. The molecular formula is C16H28N2O3. The number of nitrogens with one attached hydrogen (secondary N) is 1. The smallest absolute Gasteiger partial charge is 0.245 e. The predicted octanol–water partition coefficient (Wildman–Crippen LogP) is 1.71. The molecule has 0 aromatic carbocycles. The summed E-state index contributed by atoms with van der Waals surface area (Å²) in [5, 5.41) is 2.88. The van der Waals surface area contributed by atoms with Crippen LogP contribution in [0.2, 0.25) is 0 Å². The minimum atomic E-state index is -0.359. The minimum Gasteiger partial charge on any atom is -0.378 e. The fourth-order valence-corrected chi connectivity index (χ4v) is 3.27. The maximum absolute atomic E-state index is 12.6. The maximum atomic E-state index is 12.6. The molecule has 120 valence electrons. The van der Waals surface area contributed by atoms with Crippen molar-refractivity contribution >= 4 is 11.8 Å². The normalized spacial score (nSPS) is 31.4. The first-order valence-electron chi connectivity index (χ1n) is 8.30. The molecule has 0 aromatic rings. The van der Waals surface area contributed by atoms with Crippen LogP contribution in [0.15, 0.2) is 0 Å². The molecule has 0 saturated carbocycles. The Labute approximate surface area is 127 Å². The van der Waals surface area contributed by atoms with E-state index in [9.17, 15) is 9.59 Å². The molecule has 2 fully saturated rings. The van der Waals surface area contributed by atoms with Gasteiger partial charge in [0.2, 0.25) is 11.8 Å². The molecule has 21 heavy (non-hydrogen) atoms. The first-order chi connectivity index (χ1) is 10.1. The van der Waals surface area contributed by atoms with Crippen LogP contribution in [-0.2, 0) is 14.3 Å². The molecule has 2 saturated heterocycles. The molecule has 4 atom stereocenters. The van der Waals surface area contributed by atoms with Crippen molar-refractivity contribution in [2.75, 3.05) is 13.2 Å². The summed E-state index contributed by atoms with van der Waals surface area (Å²) in [5.74, 6) is 0.250. The lowest BCUT2D eigenvalue weighted by atomic mass is 9.92. The van der Waals surface area contributed by atoms with Gasteiger partial charge in [-0.1, -0.05) is 27.2 Å². The van der Waals surface area contributed by atoms with E-state index in [0.29, 0.717) is 13.0 Å². The van der Waals surface area contributed by atoms with Crippen LogP contribution in [-0.4, -0.2) is 48.1 Å². The second-order valence-corrected chi connectivity index (χ2v) is 6.26. The highest BCUT2D eigenvalue weighted by molar-refractivity contribution is 5.97. The molecule has 2 aliphatic heterocycles. The summed E-state index contributed by atoms with van der Waals surface area (Å²) in [6.45, 7) is 7.49. The summed E-state index contributed by atoms with van der Waals surface area (Å²) >= 11 is 0. The zero-order valence-corrected chi connectivity index (χ0v) is 13.4. The molecule has 2 aliphatic rings. The lowest BCUT2D eigenvalue weighted by Gasteiger charge is -2.41. The van der Waals surface area contributed by atoms with Crippen molar-refractivity contribution < 1.29 is 14.3 Å². The van der Waals surface area contributed by atoms with E-state index in [4.69, 9.17) is 4.74 Å². The van der Waals surface area contributed by atoms with Gasteiger partial charge in [-0.2, -0.15) is 0 Å². The molecule has 2 heterocycles. The summed E-state index contributed by atoms with van der Waals surface area (Å²) in [6.07, 6.45) is 4.79. The van der Waals surface area contributed by atoms with Crippen LogP contribution in [0.4, 0.5) is 0 Å². The molecule has 0 aliphatic carbocycles. The quantitative estimate of drug-likeness (QED) is 0.812. The molecule has 4 unspecified atom stereocenters. The molecule has 5 nitrogen and oxygen atoms in total. The Morgan fingerprint density at radius 2 is 2.14 bits per heavy atom. The number of nitrogens with zero attached hydrogens (tertiary/aromatic N) is 1. The second-order valence-electron chi connectivity index (χ2n) is 6.26. The van der Waals surface area contributed by atoms with Gasteiger partial charge in [-0.3, -0.25) is 9.59 Å². The molecule has 0 radical (unpaired) electrons. The summed E-state index contributed by atoms with van der Waals surface area (Å²) in [7, 11) is 0. The number of hydrogen-bond acceptors (Lipinski definition) is 3. The number of carbonyl (C=O) groups is 2. The van der Waals surface area contributed by atoms with E-state index >= 15 is 0 Å². The Hall–Kier alpha value is -1.10. The van der Waals surface area contributed by atoms with Gasteiger partial charge in [0.25, 0.3) is 0 Å². The van der Waals surface area contributed by atoms with E-state index in [0.717, 1.165) is 32.3 Å². The minimum absolute atomic E-state index is 0.00291. The van der Waals surface area contributed by atoms with Gasteiger partial charge in [-0.05, 0) is 31.6 Å². The number of rotatable bonds is 6. The third-order valence-corrected chi connectivity index (χ3v) is 4.81. The molecule has 2 amide bonds. The van der Waals surface area contributed by atoms with Gasteiger partial charge in [0, 0.05) is 13.2 Å². The zero-order valence-electron chi connectivity index (χ0n) is 13.4. The molecular weight excluding hydrogens is 268 g/mol. The molecule has 1 N–H and O–H groups in total. The lowest BCUT2D eigenvalue weighted by Crippen LogP contribution is -2.65. The van der Waals surface area contributed by atoms with Gasteiger partial charge in [0.15, 0.2) is 0 Å². The zero-order chi connectivity index (χ0) is 15.4. The third kappa shape index (κ3) is 3.57. The van der Waals surface area contributed by atoms with Crippen LogP contribution < -0.4 is 5.32 Å². The van der Waals surface area contributed by atoms with Gasteiger partial charge in [-0.15, -0.1) is 0 Å². The molecule has 5 heteroatoms. The Morgan fingerprint density at radius 1 is 1.38 bits per heavy atom. The van der Waals surface area contributed by atoms with E-state index in [-0.39, 0.29) is 35.9 Å². The van der Waals surface area contributed by atoms with Gasteiger partial charge < -0.3 is 15.0 Å². The van der Waals surface area contributed by atoms with Crippen molar-refractivity contribution in [2.24, 2.45) is 5.92 Å². The van der Waals surface area contributed by atoms with Crippen molar-refractivity contribution in [1.29, 1.82) is 0 Å². The van der Waals surface area contributed by atoms with E-state index in [1.165, 1.54) is 0 Å². The molecule has 0 spiro atoms. The average molecular weight is 296 g/mol. The summed E-state index contributed by atoms with van der Waals surface area (Å²) < 4.78 is 5.64. The molecule has 0 aromatic heterocycles. The average Bonchev–Trinajstić information content (AvgIpc) is 3.00. The van der Waals surface area contributed by atoms with E-state index in [1.807, 2.05) is 18.7 Å². The Balaban J connectivity index is 2.08. The van der Waals surface area contributed by atoms with E-state index in [2.05, 4.69) is 12.2 Å². The van der Waals surface area contributed by atoms with Gasteiger partial charge in [0.05, 0.1) is 6.10 Å². The van der Waals surface area contributed by atoms with Crippen molar-refractivity contribution in [2.45, 2.75) is 71.1 Å². The summed E-state index contributed by atoms with van der Waals surface area (Å²) in [6, 6.07) is -0.686. The fraction of sp³-hybridized carbons (Fsp3) is 0.875. The number of amides is 2. The topological polar surface area (TPSA) is 58.6 Å². The van der Waals surface area contributed by atoms with Crippen molar-refractivity contribution in [3.63, 3.8) is 0 Å². The fourth-order valence-electron chi connectivity index (χ4n) is 3.27. The van der Waals surface area contributed by atoms with Crippen LogP contribution >= 0.6 is 0 Å². The van der Waals surface area contributed by atoms with Gasteiger partial charge in [0.1, 0.15) is 12.1 Å². The summed E-state index contributed by atoms with van der Waals surface area (Å²) in [5.41, 5.74) is 0. The van der Waals surface area contributed by atoms with Crippen molar-refractivity contribution in [3.8, 4) is 0 Å². The first-order valence-corrected chi connectivity index (χ1v) is 8.30. The van der Waals surface area contributed by atoms with Crippen LogP contribution in [0.1, 0.15) is 52.9 Å². The van der Waals surface area contributed by atoms with Crippen LogP contribution in [0.25, 0.3) is 0 Å². The van der Waals surface area contributed by atoms with Crippen LogP contribution in [0, 0.1) is 5.92 Å². The number of hydrogen-bond donors (Lipinski definition) is 1. The van der Waals surface area contributed by atoms with Crippen molar-refractivity contribution in [3.05, 3.63) is 0 Å². The summed E-state index contributed by atoms with van der Waals surface area (Å²) in [4.78, 5) is 26.8.